The van der Waals surface area contributed by atoms with Crippen LogP contribution in [0, 0.1) is 0 Å². The molecule has 0 atom stereocenters. The Bertz CT molecular complexity index is 391. The molecule has 0 N–H and O–H groups in total. The second-order valence-corrected chi connectivity index (χ2v) is 3.75. The van der Waals surface area contributed by atoms with Crippen molar-refractivity contribution in [2.75, 3.05) is 0 Å². The molecule has 0 unspecified atom stereocenters. The number of hydrogen-bond acceptors (Lipinski definition) is 1. The van der Waals surface area contributed by atoms with Gasteiger partial charge in [0.1, 0.15) is 5.75 Å². The second-order valence-electron chi connectivity index (χ2n) is 2.83. The molecule has 0 bridgehead atoms. The Kier molecular flexibility index (Phi) is 1.83. The van der Waals surface area contributed by atoms with Gasteiger partial charge in [0.2, 0.25) is 0 Å². The first-order valence-electron chi connectivity index (χ1n) is 3.59. The lowest BCUT2D eigenvalue weighted by Gasteiger charge is -2.15. The lowest BCUT2D eigenvalue weighted by atomic mass is 10.1. The van der Waals surface area contributed by atoms with Crippen LogP contribution in [0.5, 0.6) is 5.75 Å². The SMILES string of the molecule is FC1(F)Oc2cc(Br)ccc2C1(F)F. The van der Waals surface area contributed by atoms with Crippen LogP contribution in [0.2, 0.25) is 0 Å². The second kappa shape index (κ2) is 2.62. The topological polar surface area (TPSA) is 9.23 Å². The average molecular weight is 271 g/mol. The Labute approximate surface area is 84.8 Å². The number of ether oxygens (including phenoxy) is 1. The van der Waals surface area contributed by atoms with Crippen LogP contribution in [-0.4, -0.2) is 6.11 Å². The van der Waals surface area contributed by atoms with Crippen molar-refractivity contribution in [3.63, 3.8) is 0 Å². The average Bonchev–Trinajstić information content (AvgIpc) is 2.18. The fourth-order valence-corrected chi connectivity index (χ4v) is 1.54. The first-order chi connectivity index (χ1) is 6.34. The van der Waals surface area contributed by atoms with Crippen LogP contribution >= 0.6 is 15.9 Å². The molecule has 0 spiro atoms. The molecule has 1 aromatic carbocycles. The molecule has 1 aliphatic rings. The fraction of sp³-hybridized carbons (Fsp3) is 0.250. The number of benzene rings is 1. The molecule has 0 aliphatic carbocycles. The number of rotatable bonds is 0. The standard InChI is InChI=1S/C8H3BrF4O/c9-4-1-2-5-6(3-4)14-8(12,13)7(5,10)11/h1-3H. The van der Waals surface area contributed by atoms with Gasteiger partial charge in [-0.25, -0.2) is 0 Å². The van der Waals surface area contributed by atoms with Gasteiger partial charge in [-0.15, -0.1) is 0 Å². The summed E-state index contributed by atoms with van der Waals surface area (Å²) in [5, 5.41) is 0. The maximum atomic E-state index is 13.0. The lowest BCUT2D eigenvalue weighted by Crippen LogP contribution is -2.36. The van der Waals surface area contributed by atoms with E-state index in [1.54, 1.807) is 0 Å². The molecule has 0 aromatic heterocycles. The summed E-state index contributed by atoms with van der Waals surface area (Å²) in [5.41, 5.74) is -0.786. The Balaban J connectivity index is 2.60. The number of hydrogen-bond donors (Lipinski definition) is 0. The third-order valence-electron chi connectivity index (χ3n) is 1.89. The molecule has 2 rings (SSSR count). The largest absolute Gasteiger partial charge is 0.469 e. The molecule has 1 aliphatic heterocycles. The van der Waals surface area contributed by atoms with Crippen LogP contribution in [0.4, 0.5) is 17.6 Å². The molecule has 0 saturated carbocycles. The maximum Gasteiger partial charge on any atom is 0.469 e. The maximum absolute atomic E-state index is 13.0. The molecule has 0 saturated heterocycles. The minimum Gasteiger partial charge on any atom is -0.427 e. The minimum atomic E-state index is -4.46. The molecule has 1 nitrogen and oxygen atoms in total. The van der Waals surface area contributed by atoms with Gasteiger partial charge in [0.15, 0.2) is 0 Å². The molecular weight excluding hydrogens is 268 g/mol. The summed E-state index contributed by atoms with van der Waals surface area (Å²) in [6.07, 6.45) is -4.46. The van der Waals surface area contributed by atoms with Crippen LogP contribution in [-0.2, 0) is 5.92 Å². The predicted molar refractivity (Wildman–Crippen MR) is 43.6 cm³/mol. The van der Waals surface area contributed by atoms with Crippen LogP contribution in [0.3, 0.4) is 0 Å². The first-order valence-corrected chi connectivity index (χ1v) is 4.38. The number of alkyl halides is 4. The van der Waals surface area contributed by atoms with Gasteiger partial charge in [0.05, 0.1) is 5.56 Å². The van der Waals surface area contributed by atoms with Crippen LogP contribution in [0.15, 0.2) is 22.7 Å². The van der Waals surface area contributed by atoms with Gasteiger partial charge in [-0.3, -0.25) is 0 Å². The monoisotopic (exact) mass is 270 g/mol. The summed E-state index contributed by atoms with van der Waals surface area (Å²) in [6.45, 7) is 0. The molecule has 0 amide bonds. The zero-order chi connectivity index (χ0) is 10.6. The molecule has 14 heavy (non-hydrogen) atoms. The Morgan fingerprint density at radius 3 is 2.43 bits per heavy atom. The summed E-state index contributed by atoms with van der Waals surface area (Å²) >= 11 is 2.97. The Hall–Kier alpha value is -0.780. The van der Waals surface area contributed by atoms with E-state index in [2.05, 4.69) is 20.7 Å². The highest BCUT2D eigenvalue weighted by molar-refractivity contribution is 9.10. The first kappa shape index (κ1) is 9.76. The van der Waals surface area contributed by atoms with Crippen molar-refractivity contribution in [3.05, 3.63) is 28.2 Å². The fourth-order valence-electron chi connectivity index (χ4n) is 1.20. The molecule has 76 valence electrons. The van der Waals surface area contributed by atoms with Gasteiger partial charge in [-0.05, 0) is 18.2 Å². The summed E-state index contributed by atoms with van der Waals surface area (Å²) < 4.78 is 55.5. The lowest BCUT2D eigenvalue weighted by molar-refractivity contribution is -0.296. The summed E-state index contributed by atoms with van der Waals surface area (Å²) in [6, 6.07) is 3.27. The molecule has 6 heteroatoms. The van der Waals surface area contributed by atoms with Gasteiger partial charge < -0.3 is 4.74 Å². The normalized spacial score (nSPS) is 21.5. The van der Waals surface area contributed by atoms with E-state index >= 15 is 0 Å². The third kappa shape index (κ3) is 1.13. The zero-order valence-corrected chi connectivity index (χ0v) is 8.12. The van der Waals surface area contributed by atoms with E-state index in [1.807, 2.05) is 0 Å². The highest BCUT2D eigenvalue weighted by atomic mass is 79.9. The van der Waals surface area contributed by atoms with E-state index in [0.29, 0.717) is 4.47 Å². The molecular formula is C8H3BrF4O. The van der Waals surface area contributed by atoms with E-state index in [0.717, 1.165) is 12.1 Å². The zero-order valence-electron chi connectivity index (χ0n) is 6.53. The van der Waals surface area contributed by atoms with Gasteiger partial charge >= 0.3 is 12.0 Å². The van der Waals surface area contributed by atoms with Crippen molar-refractivity contribution in [2.45, 2.75) is 12.0 Å². The third-order valence-corrected chi connectivity index (χ3v) is 2.38. The van der Waals surface area contributed by atoms with E-state index in [-0.39, 0.29) is 0 Å². The van der Waals surface area contributed by atoms with E-state index in [1.165, 1.54) is 6.07 Å². The van der Waals surface area contributed by atoms with Gasteiger partial charge in [-0.2, -0.15) is 17.6 Å². The van der Waals surface area contributed by atoms with E-state index in [9.17, 15) is 17.6 Å². The minimum absolute atomic E-state index is 0.407. The van der Waals surface area contributed by atoms with E-state index in [4.69, 9.17) is 0 Å². The van der Waals surface area contributed by atoms with Crippen molar-refractivity contribution >= 4 is 15.9 Å². The highest BCUT2D eigenvalue weighted by Crippen LogP contribution is 2.53. The molecule has 1 aromatic rings. The van der Waals surface area contributed by atoms with Crippen molar-refractivity contribution in [1.82, 2.24) is 0 Å². The van der Waals surface area contributed by atoms with Gasteiger partial charge in [0, 0.05) is 4.47 Å². The summed E-state index contributed by atoms with van der Waals surface area (Å²) in [5.74, 6) is -4.75. The van der Waals surface area contributed by atoms with Gasteiger partial charge in [0.25, 0.3) is 0 Å². The van der Waals surface area contributed by atoms with Crippen LogP contribution in [0.1, 0.15) is 5.56 Å². The number of fused-ring (bicyclic) bond motifs is 1. The van der Waals surface area contributed by atoms with Crippen LogP contribution in [0.25, 0.3) is 0 Å². The van der Waals surface area contributed by atoms with Gasteiger partial charge in [-0.1, -0.05) is 15.9 Å². The van der Waals surface area contributed by atoms with Crippen molar-refractivity contribution in [3.8, 4) is 5.75 Å². The van der Waals surface area contributed by atoms with Crippen molar-refractivity contribution in [2.24, 2.45) is 0 Å². The van der Waals surface area contributed by atoms with Crippen LogP contribution < -0.4 is 4.74 Å². The number of halogens is 5. The smallest absolute Gasteiger partial charge is 0.427 e. The Morgan fingerprint density at radius 1 is 1.14 bits per heavy atom. The Morgan fingerprint density at radius 2 is 1.79 bits per heavy atom. The molecule has 0 fully saturated rings. The summed E-state index contributed by atoms with van der Waals surface area (Å²) in [4.78, 5) is 0. The van der Waals surface area contributed by atoms with E-state index < -0.39 is 23.3 Å². The summed E-state index contributed by atoms with van der Waals surface area (Å²) in [7, 11) is 0. The molecule has 1 heterocycles. The van der Waals surface area contributed by atoms with Crippen molar-refractivity contribution < 1.29 is 22.3 Å². The highest BCUT2D eigenvalue weighted by Gasteiger charge is 2.66. The molecule has 0 radical (unpaired) electrons. The predicted octanol–water partition coefficient (Wildman–Crippen LogP) is 3.53. The quantitative estimate of drug-likeness (QED) is 0.656. The van der Waals surface area contributed by atoms with Crippen molar-refractivity contribution in [1.29, 1.82) is 0 Å².